The Kier molecular flexibility index (Phi) is 6.84. The number of rotatable bonds is 5. The molecule has 6 rings (SSSR count). The number of ether oxygens (including phenoxy) is 1. The van der Waals surface area contributed by atoms with Gasteiger partial charge in [-0.25, -0.2) is 9.78 Å². The van der Waals surface area contributed by atoms with Crippen molar-refractivity contribution in [1.82, 2.24) is 9.88 Å². The van der Waals surface area contributed by atoms with Crippen LogP contribution in [0.4, 0.5) is 0 Å². The minimum atomic E-state index is -0.934. The first-order chi connectivity index (χ1) is 20.0. The van der Waals surface area contributed by atoms with E-state index < -0.39 is 5.97 Å². The van der Waals surface area contributed by atoms with Gasteiger partial charge in [-0.15, -0.1) is 0 Å². The number of carboxylic acid groups (broad SMARTS) is 1. The highest BCUT2D eigenvalue weighted by Crippen LogP contribution is 2.55. The van der Waals surface area contributed by atoms with Crippen molar-refractivity contribution in [2.24, 2.45) is 10.8 Å². The lowest BCUT2D eigenvalue weighted by molar-refractivity contribution is 0.0679. The Morgan fingerprint density at radius 1 is 1.05 bits per heavy atom. The molecule has 4 aromatic rings. The van der Waals surface area contributed by atoms with Crippen LogP contribution in [0, 0.1) is 10.8 Å². The second kappa shape index (κ2) is 10.3. The number of fused-ring (bicyclic) bond motifs is 2. The zero-order valence-electron chi connectivity index (χ0n) is 23.9. The molecule has 0 radical (unpaired) electrons. The molecule has 3 aromatic carbocycles. The maximum Gasteiger partial charge on any atom is 0.335 e. The number of hydrogen-bond acceptors (Lipinski definition) is 5. The number of carbonyl (C=O) groups is 2. The topological polar surface area (TPSA) is 92.9 Å². The van der Waals surface area contributed by atoms with E-state index in [4.69, 9.17) is 14.1 Å². The molecule has 8 heteroatoms. The van der Waals surface area contributed by atoms with E-state index in [0.717, 1.165) is 16.5 Å². The molecule has 1 aliphatic heterocycles. The van der Waals surface area contributed by atoms with E-state index in [1.807, 2.05) is 53.4 Å². The molecule has 1 atom stereocenters. The highest BCUT2D eigenvalue weighted by Gasteiger charge is 2.46. The molecule has 0 saturated heterocycles. The van der Waals surface area contributed by atoms with Crippen LogP contribution < -0.4 is 4.74 Å². The van der Waals surface area contributed by atoms with Gasteiger partial charge in [-0.2, -0.15) is 0 Å². The number of carboxylic acids is 1. The molecule has 2 heterocycles. The van der Waals surface area contributed by atoms with Gasteiger partial charge >= 0.3 is 5.97 Å². The van der Waals surface area contributed by atoms with Crippen molar-refractivity contribution in [2.75, 3.05) is 20.2 Å². The minimum absolute atomic E-state index is 0.0714. The van der Waals surface area contributed by atoms with E-state index in [0.29, 0.717) is 47.0 Å². The average molecular weight is 628 g/mol. The van der Waals surface area contributed by atoms with E-state index in [1.165, 1.54) is 11.1 Å². The summed E-state index contributed by atoms with van der Waals surface area (Å²) in [5.41, 5.74) is 5.65. The zero-order chi connectivity index (χ0) is 29.8. The van der Waals surface area contributed by atoms with E-state index >= 15 is 0 Å². The van der Waals surface area contributed by atoms with Crippen LogP contribution in [0.15, 0.2) is 87.3 Å². The second-order valence-corrected chi connectivity index (χ2v) is 12.6. The summed E-state index contributed by atoms with van der Waals surface area (Å²) in [6, 6.07) is 18.1. The number of oxazole rings is 1. The maximum atomic E-state index is 14.1. The van der Waals surface area contributed by atoms with Crippen LogP contribution in [0.5, 0.6) is 5.75 Å². The molecule has 0 fully saturated rings. The normalized spacial score (nSPS) is 19.6. The van der Waals surface area contributed by atoms with E-state index in [2.05, 4.69) is 48.9 Å². The molecule has 1 aliphatic carbocycles. The Labute approximate surface area is 252 Å². The van der Waals surface area contributed by atoms with E-state index in [9.17, 15) is 14.7 Å². The lowest BCUT2D eigenvalue weighted by Crippen LogP contribution is -2.48. The number of allylic oxidation sites excluding steroid dienone is 2. The monoisotopic (exact) mass is 626 g/mol. The summed E-state index contributed by atoms with van der Waals surface area (Å²) in [7, 11) is 1.60. The molecular formula is C34H31BrN2O5. The Morgan fingerprint density at radius 3 is 2.50 bits per heavy atom. The third kappa shape index (κ3) is 4.64. The molecule has 0 unspecified atom stereocenters. The number of benzene rings is 3. The molecule has 214 valence electrons. The van der Waals surface area contributed by atoms with Crippen LogP contribution in [-0.2, 0) is 0 Å². The number of hydrogen-bond donors (Lipinski definition) is 1. The largest absolute Gasteiger partial charge is 0.497 e. The Hall–Kier alpha value is -4.17. The predicted molar refractivity (Wildman–Crippen MR) is 166 cm³/mol. The number of methoxy groups -OCH3 is 1. The van der Waals surface area contributed by atoms with Crippen LogP contribution in [0.2, 0.25) is 0 Å². The number of aromatic nitrogens is 1. The van der Waals surface area contributed by atoms with Crippen molar-refractivity contribution in [3.05, 3.63) is 99.6 Å². The number of carbonyl (C=O) groups excluding carboxylic acids is 1. The van der Waals surface area contributed by atoms with Gasteiger partial charge in [0.15, 0.2) is 5.58 Å². The van der Waals surface area contributed by atoms with Gasteiger partial charge < -0.3 is 19.2 Å². The SMILES string of the molecule is COc1cc(Br)c2oc(-c3ccccc3C(=O)N3CC=C4C(C)(C)C(c5ccc(C(=O)O)cc5)=CC[C@]4(C)C3)nc2c1. The van der Waals surface area contributed by atoms with Crippen molar-refractivity contribution in [1.29, 1.82) is 0 Å². The summed E-state index contributed by atoms with van der Waals surface area (Å²) < 4.78 is 12.2. The number of aromatic carboxylic acids is 1. The summed E-state index contributed by atoms with van der Waals surface area (Å²) >= 11 is 3.54. The van der Waals surface area contributed by atoms with Crippen molar-refractivity contribution >= 4 is 44.5 Å². The van der Waals surface area contributed by atoms with Gasteiger partial charge in [-0.3, -0.25) is 4.79 Å². The van der Waals surface area contributed by atoms with E-state index in [-0.39, 0.29) is 22.3 Å². The minimum Gasteiger partial charge on any atom is -0.497 e. The van der Waals surface area contributed by atoms with Crippen LogP contribution >= 0.6 is 15.9 Å². The van der Waals surface area contributed by atoms with Crippen LogP contribution in [0.1, 0.15) is 53.5 Å². The molecule has 0 saturated carbocycles. The first-order valence-electron chi connectivity index (χ1n) is 13.8. The van der Waals surface area contributed by atoms with Gasteiger partial charge in [-0.1, -0.05) is 62.8 Å². The van der Waals surface area contributed by atoms with Gasteiger partial charge in [0.1, 0.15) is 11.3 Å². The molecule has 1 N–H and O–H groups in total. The summed E-state index contributed by atoms with van der Waals surface area (Å²) in [6.07, 6.45) is 5.22. The van der Waals surface area contributed by atoms with Crippen LogP contribution in [0.3, 0.4) is 0 Å². The lowest BCUT2D eigenvalue weighted by Gasteiger charge is -2.50. The van der Waals surface area contributed by atoms with Gasteiger partial charge in [0.25, 0.3) is 5.91 Å². The maximum absolute atomic E-state index is 14.1. The summed E-state index contributed by atoms with van der Waals surface area (Å²) in [4.78, 5) is 32.0. The third-order valence-corrected chi connectivity index (χ3v) is 9.17. The molecule has 0 spiro atoms. The fraction of sp³-hybridized carbons (Fsp3) is 0.265. The summed E-state index contributed by atoms with van der Waals surface area (Å²) in [6.45, 7) is 7.70. The van der Waals surface area contributed by atoms with Gasteiger partial charge in [0.2, 0.25) is 5.89 Å². The highest BCUT2D eigenvalue weighted by atomic mass is 79.9. The number of amides is 1. The molecular weight excluding hydrogens is 596 g/mol. The van der Waals surface area contributed by atoms with Crippen molar-refractivity contribution in [3.63, 3.8) is 0 Å². The molecule has 2 aliphatic rings. The van der Waals surface area contributed by atoms with Crippen molar-refractivity contribution < 1.29 is 23.8 Å². The van der Waals surface area contributed by atoms with Gasteiger partial charge in [0, 0.05) is 35.5 Å². The van der Waals surface area contributed by atoms with Crippen LogP contribution in [0.25, 0.3) is 28.1 Å². The smallest absolute Gasteiger partial charge is 0.335 e. The number of nitrogens with zero attached hydrogens (tertiary/aromatic N) is 2. The first kappa shape index (κ1) is 28.0. The molecule has 42 heavy (non-hydrogen) atoms. The van der Waals surface area contributed by atoms with Crippen molar-refractivity contribution in [2.45, 2.75) is 27.2 Å². The fourth-order valence-electron chi connectivity index (χ4n) is 6.58. The first-order valence-corrected chi connectivity index (χ1v) is 14.6. The zero-order valence-corrected chi connectivity index (χ0v) is 25.5. The highest BCUT2D eigenvalue weighted by molar-refractivity contribution is 9.10. The average Bonchev–Trinajstić information content (AvgIpc) is 3.41. The molecule has 0 bridgehead atoms. The number of halogens is 1. The van der Waals surface area contributed by atoms with Crippen LogP contribution in [-0.4, -0.2) is 47.1 Å². The summed E-state index contributed by atoms with van der Waals surface area (Å²) in [5, 5.41) is 9.30. The summed E-state index contributed by atoms with van der Waals surface area (Å²) in [5.74, 6) is 0.0321. The third-order valence-electron chi connectivity index (χ3n) is 8.58. The quantitative estimate of drug-likeness (QED) is 0.227. The van der Waals surface area contributed by atoms with E-state index in [1.54, 1.807) is 19.2 Å². The van der Waals surface area contributed by atoms with Gasteiger partial charge in [0.05, 0.1) is 22.7 Å². The van der Waals surface area contributed by atoms with Crippen molar-refractivity contribution in [3.8, 4) is 17.2 Å². The Balaban J connectivity index is 1.30. The molecule has 1 amide bonds. The van der Waals surface area contributed by atoms with Gasteiger partial charge in [-0.05, 0) is 63.8 Å². The molecule has 1 aromatic heterocycles. The predicted octanol–water partition coefficient (Wildman–Crippen LogP) is 7.87. The standard InChI is InChI=1S/C34H31BrN2O5/c1-33(2)25(20-9-11-21(12-10-20)32(39)40)13-15-34(3)19-37(16-14-28(33)34)31(38)24-8-6-5-7-23(24)30-36-27-18-22(41-4)17-26(35)29(27)42-30/h5-14,17-18H,15-16,19H2,1-4H3,(H,39,40)/t34-/m1/s1. The molecule has 7 nitrogen and oxygen atoms in total. The lowest BCUT2D eigenvalue weighted by atomic mass is 9.58. The fourth-order valence-corrected chi connectivity index (χ4v) is 7.09. The Morgan fingerprint density at radius 2 is 1.79 bits per heavy atom. The second-order valence-electron chi connectivity index (χ2n) is 11.7. The Bertz CT molecular complexity index is 1800.